The van der Waals surface area contributed by atoms with Gasteiger partial charge < -0.3 is 4.90 Å². The molecular weight excluding hydrogens is 237 g/mol. The van der Waals surface area contributed by atoms with Gasteiger partial charge in [0, 0.05) is 21.9 Å². The van der Waals surface area contributed by atoms with E-state index in [-0.39, 0.29) is 0 Å². The van der Waals surface area contributed by atoms with Gasteiger partial charge in [0.15, 0.2) is 0 Å². The van der Waals surface area contributed by atoms with Gasteiger partial charge in [-0.2, -0.15) is 0 Å². The summed E-state index contributed by atoms with van der Waals surface area (Å²) in [5.74, 6) is 0. The fraction of sp³-hybridized carbons (Fsp3) is 0.750. The summed E-state index contributed by atoms with van der Waals surface area (Å²) in [6.07, 6.45) is 1.25. The Kier molecular flexibility index (Phi) is 2.61. The first-order valence-corrected chi connectivity index (χ1v) is 4.82. The van der Waals surface area contributed by atoms with E-state index in [0.717, 1.165) is 0 Å². The van der Waals surface area contributed by atoms with Crippen LogP contribution in [0.4, 0.5) is 0 Å². The number of hydrogen-bond donors (Lipinski definition) is 0. The highest BCUT2D eigenvalue weighted by atomic mass is 127. The van der Waals surface area contributed by atoms with Gasteiger partial charge in [0.25, 0.3) is 0 Å². The smallest absolute Gasteiger partial charge is 0.0230 e. The first-order chi connectivity index (χ1) is 4.63. The number of hydrogen-bond acceptors (Lipinski definition) is 1. The summed E-state index contributed by atoms with van der Waals surface area (Å²) in [7, 11) is 0. The van der Waals surface area contributed by atoms with Gasteiger partial charge in [0.05, 0.1) is 0 Å². The minimum Gasteiger partial charge on any atom is -0.372 e. The zero-order chi connectivity index (χ0) is 7.72. The molecule has 10 heavy (non-hydrogen) atoms. The SMILES string of the molecule is CC1=C(I)CCN1C(C)C. The predicted octanol–water partition coefficient (Wildman–Crippen LogP) is 2.77. The van der Waals surface area contributed by atoms with E-state index in [1.54, 1.807) is 0 Å². The second-order valence-electron chi connectivity index (χ2n) is 3.03. The molecular formula is C8H14IN. The molecule has 0 saturated carbocycles. The molecule has 1 aliphatic heterocycles. The summed E-state index contributed by atoms with van der Waals surface area (Å²) in [6.45, 7) is 7.94. The second kappa shape index (κ2) is 3.11. The Bertz CT molecular complexity index is 161. The quantitative estimate of drug-likeness (QED) is 0.648. The lowest BCUT2D eigenvalue weighted by molar-refractivity contribution is 0.310. The molecule has 0 atom stereocenters. The fourth-order valence-corrected chi connectivity index (χ4v) is 1.92. The average molecular weight is 251 g/mol. The minimum absolute atomic E-state index is 0.673. The highest BCUT2D eigenvalue weighted by molar-refractivity contribution is 14.1. The number of allylic oxidation sites excluding steroid dienone is 1. The molecule has 0 fully saturated rings. The Morgan fingerprint density at radius 2 is 2.10 bits per heavy atom. The molecule has 0 bridgehead atoms. The summed E-state index contributed by atoms with van der Waals surface area (Å²) in [5.41, 5.74) is 1.48. The van der Waals surface area contributed by atoms with Gasteiger partial charge in [0.1, 0.15) is 0 Å². The lowest BCUT2D eigenvalue weighted by Gasteiger charge is -2.24. The molecule has 1 rings (SSSR count). The van der Waals surface area contributed by atoms with Crippen LogP contribution < -0.4 is 0 Å². The van der Waals surface area contributed by atoms with Crippen LogP contribution in [0.15, 0.2) is 9.28 Å². The molecule has 0 saturated heterocycles. The monoisotopic (exact) mass is 251 g/mol. The molecule has 0 aromatic rings. The van der Waals surface area contributed by atoms with E-state index in [9.17, 15) is 0 Å². The lowest BCUT2D eigenvalue weighted by atomic mass is 10.3. The highest BCUT2D eigenvalue weighted by Crippen LogP contribution is 2.28. The molecule has 0 radical (unpaired) electrons. The van der Waals surface area contributed by atoms with Crippen molar-refractivity contribution in [2.24, 2.45) is 0 Å². The lowest BCUT2D eigenvalue weighted by Crippen LogP contribution is -2.26. The topological polar surface area (TPSA) is 3.24 Å². The third kappa shape index (κ3) is 1.47. The van der Waals surface area contributed by atoms with Gasteiger partial charge >= 0.3 is 0 Å². The molecule has 1 aliphatic rings. The number of rotatable bonds is 1. The van der Waals surface area contributed by atoms with Gasteiger partial charge in [-0.25, -0.2) is 0 Å². The van der Waals surface area contributed by atoms with E-state index < -0.39 is 0 Å². The standard InChI is InChI=1S/C8H14IN/c1-6(2)10-5-4-8(9)7(10)3/h6H,4-5H2,1-3H3. The van der Waals surface area contributed by atoms with Crippen molar-refractivity contribution in [3.8, 4) is 0 Å². The van der Waals surface area contributed by atoms with Crippen molar-refractivity contribution in [1.29, 1.82) is 0 Å². The largest absolute Gasteiger partial charge is 0.372 e. The normalized spacial score (nSPS) is 19.5. The molecule has 0 spiro atoms. The van der Waals surface area contributed by atoms with E-state index in [2.05, 4.69) is 48.3 Å². The van der Waals surface area contributed by atoms with Gasteiger partial charge in [0.2, 0.25) is 0 Å². The first-order valence-electron chi connectivity index (χ1n) is 3.75. The third-order valence-corrected chi connectivity index (χ3v) is 3.34. The number of nitrogens with zero attached hydrogens (tertiary/aromatic N) is 1. The van der Waals surface area contributed by atoms with Crippen LogP contribution in [-0.4, -0.2) is 17.5 Å². The molecule has 0 amide bonds. The molecule has 0 aromatic carbocycles. The van der Waals surface area contributed by atoms with Crippen LogP contribution in [0.5, 0.6) is 0 Å². The Labute approximate surface area is 76.6 Å². The molecule has 2 heteroatoms. The van der Waals surface area contributed by atoms with Crippen molar-refractivity contribution in [2.45, 2.75) is 33.2 Å². The zero-order valence-electron chi connectivity index (χ0n) is 6.82. The Hall–Kier alpha value is 0.270. The van der Waals surface area contributed by atoms with Crippen LogP contribution in [0, 0.1) is 0 Å². The van der Waals surface area contributed by atoms with E-state index in [4.69, 9.17) is 0 Å². The third-order valence-electron chi connectivity index (χ3n) is 2.02. The van der Waals surface area contributed by atoms with Crippen molar-refractivity contribution >= 4 is 22.6 Å². The van der Waals surface area contributed by atoms with Gasteiger partial charge in [-0.15, -0.1) is 0 Å². The van der Waals surface area contributed by atoms with Crippen molar-refractivity contribution < 1.29 is 0 Å². The second-order valence-corrected chi connectivity index (χ2v) is 4.33. The summed E-state index contributed by atoms with van der Waals surface area (Å²) in [6, 6.07) is 0.673. The zero-order valence-corrected chi connectivity index (χ0v) is 8.97. The van der Waals surface area contributed by atoms with Crippen molar-refractivity contribution in [3.63, 3.8) is 0 Å². The highest BCUT2D eigenvalue weighted by Gasteiger charge is 2.18. The van der Waals surface area contributed by atoms with Gasteiger partial charge in [-0.1, -0.05) is 0 Å². The average Bonchev–Trinajstić information content (AvgIpc) is 2.14. The van der Waals surface area contributed by atoms with Gasteiger partial charge in [-0.05, 0) is 49.8 Å². The van der Waals surface area contributed by atoms with Crippen molar-refractivity contribution in [1.82, 2.24) is 4.90 Å². The Morgan fingerprint density at radius 3 is 2.30 bits per heavy atom. The van der Waals surface area contributed by atoms with Crippen molar-refractivity contribution in [2.75, 3.05) is 6.54 Å². The summed E-state index contributed by atoms with van der Waals surface area (Å²) < 4.78 is 1.53. The summed E-state index contributed by atoms with van der Waals surface area (Å²) >= 11 is 2.44. The van der Waals surface area contributed by atoms with Crippen LogP contribution in [0.25, 0.3) is 0 Å². The Balaban J connectivity index is 2.68. The van der Waals surface area contributed by atoms with Gasteiger partial charge in [-0.3, -0.25) is 0 Å². The van der Waals surface area contributed by atoms with E-state index in [1.165, 1.54) is 22.2 Å². The first kappa shape index (κ1) is 8.37. The minimum atomic E-state index is 0.673. The van der Waals surface area contributed by atoms with Crippen LogP contribution in [0.2, 0.25) is 0 Å². The molecule has 58 valence electrons. The van der Waals surface area contributed by atoms with Crippen LogP contribution >= 0.6 is 22.6 Å². The molecule has 0 unspecified atom stereocenters. The van der Waals surface area contributed by atoms with Crippen LogP contribution in [0.1, 0.15) is 27.2 Å². The maximum Gasteiger partial charge on any atom is 0.0230 e. The number of halogens is 1. The Morgan fingerprint density at radius 1 is 1.50 bits per heavy atom. The van der Waals surface area contributed by atoms with Crippen molar-refractivity contribution in [3.05, 3.63) is 9.28 Å². The van der Waals surface area contributed by atoms with Crippen LogP contribution in [0.3, 0.4) is 0 Å². The predicted molar refractivity (Wildman–Crippen MR) is 53.2 cm³/mol. The molecule has 0 N–H and O–H groups in total. The molecule has 0 aromatic heterocycles. The molecule has 1 heterocycles. The summed E-state index contributed by atoms with van der Waals surface area (Å²) in [5, 5.41) is 0. The fourth-order valence-electron chi connectivity index (χ4n) is 1.37. The van der Waals surface area contributed by atoms with E-state index in [1.807, 2.05) is 0 Å². The van der Waals surface area contributed by atoms with E-state index in [0.29, 0.717) is 6.04 Å². The summed E-state index contributed by atoms with van der Waals surface area (Å²) in [4.78, 5) is 2.46. The van der Waals surface area contributed by atoms with E-state index >= 15 is 0 Å². The maximum absolute atomic E-state index is 2.46. The maximum atomic E-state index is 2.46. The van der Waals surface area contributed by atoms with Crippen LogP contribution in [-0.2, 0) is 0 Å². The molecule has 0 aliphatic carbocycles. The molecule has 1 nitrogen and oxygen atoms in total.